The smallest absolute Gasteiger partial charge is 0.186 e. The van der Waals surface area contributed by atoms with Gasteiger partial charge >= 0.3 is 0 Å². The van der Waals surface area contributed by atoms with E-state index in [1.54, 1.807) is 24.4 Å². The van der Waals surface area contributed by atoms with Crippen LogP contribution >= 0.6 is 31.9 Å². The summed E-state index contributed by atoms with van der Waals surface area (Å²) >= 11 is 6.56. The van der Waals surface area contributed by atoms with Crippen LogP contribution in [0.1, 0.15) is 16.1 Å². The third-order valence-electron chi connectivity index (χ3n) is 2.33. The highest BCUT2D eigenvalue weighted by Gasteiger charge is 2.13. The van der Waals surface area contributed by atoms with E-state index in [2.05, 4.69) is 36.8 Å². The van der Waals surface area contributed by atoms with E-state index in [1.807, 2.05) is 0 Å². The Morgan fingerprint density at radius 2 is 2.06 bits per heavy atom. The van der Waals surface area contributed by atoms with E-state index in [9.17, 15) is 9.18 Å². The zero-order valence-electron chi connectivity index (χ0n) is 9.16. The first-order chi connectivity index (χ1) is 8.56. The molecule has 0 saturated carbocycles. The van der Waals surface area contributed by atoms with Crippen LogP contribution in [0.3, 0.4) is 0 Å². The Morgan fingerprint density at radius 3 is 2.72 bits per heavy atom. The minimum absolute atomic E-state index is 0.130. The van der Waals surface area contributed by atoms with E-state index in [0.717, 1.165) is 4.47 Å². The normalized spacial score (nSPS) is 10.4. The van der Waals surface area contributed by atoms with Crippen molar-refractivity contribution in [1.82, 2.24) is 4.98 Å². The van der Waals surface area contributed by atoms with Crippen molar-refractivity contribution in [1.29, 1.82) is 0 Å². The molecule has 2 nitrogen and oxygen atoms in total. The first kappa shape index (κ1) is 13.4. The van der Waals surface area contributed by atoms with Gasteiger partial charge in [-0.2, -0.15) is 0 Å². The van der Waals surface area contributed by atoms with Gasteiger partial charge in [-0.15, -0.1) is 0 Å². The van der Waals surface area contributed by atoms with Crippen molar-refractivity contribution in [3.05, 3.63) is 62.5 Å². The molecular weight excluding hydrogens is 365 g/mol. The number of benzene rings is 1. The molecule has 2 rings (SSSR count). The summed E-state index contributed by atoms with van der Waals surface area (Å²) in [6.07, 6.45) is 1.69. The number of hydrogen-bond donors (Lipinski definition) is 0. The van der Waals surface area contributed by atoms with Crippen LogP contribution < -0.4 is 0 Å². The molecule has 0 radical (unpaired) electrons. The molecule has 0 atom stereocenters. The Labute approximate surface area is 121 Å². The first-order valence-electron chi connectivity index (χ1n) is 5.15. The van der Waals surface area contributed by atoms with Crippen LogP contribution in [0.2, 0.25) is 0 Å². The van der Waals surface area contributed by atoms with Crippen molar-refractivity contribution in [2.45, 2.75) is 6.42 Å². The summed E-state index contributed by atoms with van der Waals surface area (Å²) in [4.78, 5) is 16.1. The molecule has 0 fully saturated rings. The maximum atomic E-state index is 13.0. The molecule has 0 bridgehead atoms. The standard InChI is InChI=1S/C13H8Br2FNO/c14-9-6-11(15)13(17-7-9)12(18)5-8-2-1-3-10(16)4-8/h1-4,6-7H,5H2. The number of carbonyl (C=O) groups is 1. The molecule has 0 N–H and O–H groups in total. The van der Waals surface area contributed by atoms with Crippen molar-refractivity contribution < 1.29 is 9.18 Å². The van der Waals surface area contributed by atoms with Crippen LogP contribution in [0.15, 0.2) is 45.5 Å². The molecule has 0 aliphatic carbocycles. The fourth-order valence-electron chi connectivity index (χ4n) is 1.54. The highest BCUT2D eigenvalue weighted by atomic mass is 79.9. The van der Waals surface area contributed by atoms with Gasteiger partial charge in [0.1, 0.15) is 11.5 Å². The van der Waals surface area contributed by atoms with Crippen molar-refractivity contribution in [3.63, 3.8) is 0 Å². The third-order valence-corrected chi connectivity index (χ3v) is 3.36. The van der Waals surface area contributed by atoms with Gasteiger partial charge in [0, 0.05) is 21.6 Å². The molecular formula is C13H8Br2FNO. The predicted molar refractivity (Wildman–Crippen MR) is 74.1 cm³/mol. The minimum Gasteiger partial charge on any atom is -0.292 e. The highest BCUT2D eigenvalue weighted by Crippen LogP contribution is 2.21. The van der Waals surface area contributed by atoms with Crippen molar-refractivity contribution in [3.8, 4) is 0 Å². The van der Waals surface area contributed by atoms with Crippen LogP contribution in [0, 0.1) is 5.82 Å². The van der Waals surface area contributed by atoms with E-state index in [-0.39, 0.29) is 18.0 Å². The lowest BCUT2D eigenvalue weighted by molar-refractivity contribution is 0.0987. The molecule has 2 aromatic rings. The Kier molecular flexibility index (Phi) is 4.24. The average Bonchev–Trinajstić information content (AvgIpc) is 2.28. The van der Waals surface area contributed by atoms with Gasteiger partial charge in [0.15, 0.2) is 5.78 Å². The maximum absolute atomic E-state index is 13.0. The quantitative estimate of drug-likeness (QED) is 0.757. The summed E-state index contributed by atoms with van der Waals surface area (Å²) in [6, 6.07) is 7.76. The molecule has 0 aliphatic rings. The summed E-state index contributed by atoms with van der Waals surface area (Å²) in [6.45, 7) is 0. The molecule has 0 spiro atoms. The molecule has 0 aliphatic heterocycles. The molecule has 0 unspecified atom stereocenters. The monoisotopic (exact) mass is 371 g/mol. The summed E-state index contributed by atoms with van der Waals surface area (Å²) in [5.74, 6) is -0.497. The molecule has 1 aromatic heterocycles. The van der Waals surface area contributed by atoms with E-state index in [0.29, 0.717) is 15.7 Å². The van der Waals surface area contributed by atoms with Gasteiger partial charge in [0.25, 0.3) is 0 Å². The lowest BCUT2D eigenvalue weighted by atomic mass is 10.1. The topological polar surface area (TPSA) is 30.0 Å². The molecule has 1 aromatic carbocycles. The zero-order chi connectivity index (χ0) is 13.1. The summed E-state index contributed by atoms with van der Waals surface area (Å²) < 4.78 is 14.4. The first-order valence-corrected chi connectivity index (χ1v) is 6.73. The molecule has 1 heterocycles. The Bertz CT molecular complexity index is 601. The molecule has 18 heavy (non-hydrogen) atoms. The number of Topliss-reactive ketones (excluding diaryl/α,β-unsaturated/α-hetero) is 1. The van der Waals surface area contributed by atoms with Crippen LogP contribution in [-0.2, 0) is 6.42 Å². The SMILES string of the molecule is O=C(Cc1cccc(F)c1)c1ncc(Br)cc1Br. The number of ketones is 1. The van der Waals surface area contributed by atoms with Crippen LogP contribution in [-0.4, -0.2) is 10.8 Å². The average molecular weight is 373 g/mol. The van der Waals surface area contributed by atoms with Gasteiger partial charge in [-0.1, -0.05) is 12.1 Å². The van der Waals surface area contributed by atoms with Gasteiger partial charge < -0.3 is 0 Å². The lowest BCUT2D eigenvalue weighted by Crippen LogP contribution is -2.07. The van der Waals surface area contributed by atoms with Gasteiger partial charge in [0.05, 0.1) is 0 Å². The number of carbonyl (C=O) groups excluding carboxylic acids is 1. The van der Waals surface area contributed by atoms with E-state index in [1.165, 1.54) is 12.1 Å². The maximum Gasteiger partial charge on any atom is 0.186 e. The molecule has 5 heteroatoms. The van der Waals surface area contributed by atoms with Gasteiger partial charge in [-0.05, 0) is 55.6 Å². The van der Waals surface area contributed by atoms with Crippen LogP contribution in [0.4, 0.5) is 4.39 Å². The van der Waals surface area contributed by atoms with E-state index in [4.69, 9.17) is 0 Å². The van der Waals surface area contributed by atoms with Crippen molar-refractivity contribution in [2.75, 3.05) is 0 Å². The zero-order valence-corrected chi connectivity index (χ0v) is 12.3. The molecule has 0 amide bonds. The molecule has 0 saturated heterocycles. The second kappa shape index (κ2) is 5.71. The summed E-state index contributed by atoms with van der Waals surface area (Å²) in [5.41, 5.74) is 0.985. The second-order valence-corrected chi connectivity index (χ2v) is 5.48. The van der Waals surface area contributed by atoms with Crippen LogP contribution in [0.25, 0.3) is 0 Å². The number of nitrogens with zero attached hydrogens (tertiary/aromatic N) is 1. The fourth-order valence-corrected chi connectivity index (χ4v) is 2.74. The number of halogens is 3. The third kappa shape index (κ3) is 3.23. The molecule has 92 valence electrons. The number of pyridine rings is 1. The minimum atomic E-state index is -0.344. The van der Waals surface area contributed by atoms with E-state index >= 15 is 0 Å². The summed E-state index contributed by atoms with van der Waals surface area (Å²) in [5, 5.41) is 0. The van der Waals surface area contributed by atoms with E-state index < -0.39 is 0 Å². The van der Waals surface area contributed by atoms with Crippen molar-refractivity contribution >= 4 is 37.6 Å². The van der Waals surface area contributed by atoms with Gasteiger partial charge in [-0.25, -0.2) is 4.39 Å². The Hall–Kier alpha value is -1.07. The lowest BCUT2D eigenvalue weighted by Gasteiger charge is -2.03. The Balaban J connectivity index is 2.22. The van der Waals surface area contributed by atoms with Gasteiger partial charge in [0.2, 0.25) is 0 Å². The predicted octanol–water partition coefficient (Wildman–Crippen LogP) is 4.17. The largest absolute Gasteiger partial charge is 0.292 e. The van der Waals surface area contributed by atoms with Gasteiger partial charge in [-0.3, -0.25) is 9.78 Å². The summed E-state index contributed by atoms with van der Waals surface area (Å²) in [7, 11) is 0. The van der Waals surface area contributed by atoms with Crippen molar-refractivity contribution in [2.24, 2.45) is 0 Å². The number of hydrogen-bond acceptors (Lipinski definition) is 2. The Morgan fingerprint density at radius 1 is 1.28 bits per heavy atom. The second-order valence-electron chi connectivity index (χ2n) is 3.71. The number of rotatable bonds is 3. The van der Waals surface area contributed by atoms with Crippen LogP contribution in [0.5, 0.6) is 0 Å². The number of aromatic nitrogens is 1. The fraction of sp³-hybridized carbons (Fsp3) is 0.0769. The highest BCUT2D eigenvalue weighted by molar-refractivity contribution is 9.11.